The van der Waals surface area contributed by atoms with Crippen molar-refractivity contribution in [2.24, 2.45) is 0 Å². The molecule has 226 valence electrons. The number of carbonyl (C=O) groups excluding carboxylic acids is 2. The molecule has 0 N–H and O–H groups in total. The van der Waals surface area contributed by atoms with E-state index in [1.165, 1.54) is 6.33 Å². The number of hydrogen-bond acceptors (Lipinski definition) is 7. The van der Waals surface area contributed by atoms with Crippen LogP contribution in [0.25, 0.3) is 16.7 Å². The molecule has 1 saturated heterocycles. The molecule has 5 rings (SSSR count). The Morgan fingerprint density at radius 3 is 2.51 bits per heavy atom. The maximum absolute atomic E-state index is 13.5. The Kier molecular flexibility index (Phi) is 8.77. The number of amides is 2. The Morgan fingerprint density at radius 2 is 1.84 bits per heavy atom. The van der Waals surface area contributed by atoms with E-state index in [2.05, 4.69) is 9.88 Å². The van der Waals surface area contributed by atoms with Crippen LogP contribution in [0.3, 0.4) is 0 Å². The number of rotatable bonds is 6. The molecule has 11 heteroatoms. The number of nitrogens with zero attached hydrogens (tertiary/aromatic N) is 6. The van der Waals surface area contributed by atoms with E-state index in [0.717, 1.165) is 11.3 Å². The van der Waals surface area contributed by atoms with E-state index < -0.39 is 11.7 Å². The molecular formula is C32H37ClN6O4. The van der Waals surface area contributed by atoms with Gasteiger partial charge in [-0.1, -0.05) is 48.0 Å². The third-order valence-electron chi connectivity index (χ3n) is 7.21. The molecule has 4 aromatic rings. The van der Waals surface area contributed by atoms with Crippen LogP contribution < -0.4 is 9.80 Å². The van der Waals surface area contributed by atoms with E-state index >= 15 is 0 Å². The van der Waals surface area contributed by atoms with Gasteiger partial charge in [0.1, 0.15) is 24.4 Å². The minimum Gasteiger partial charge on any atom is -0.444 e. The van der Waals surface area contributed by atoms with Gasteiger partial charge in [-0.3, -0.25) is 9.47 Å². The van der Waals surface area contributed by atoms with Crippen LogP contribution in [0.2, 0.25) is 5.02 Å². The first-order valence-electron chi connectivity index (χ1n) is 14.4. The van der Waals surface area contributed by atoms with Gasteiger partial charge in [-0.15, -0.1) is 0 Å². The molecule has 0 saturated carbocycles. The lowest BCUT2D eigenvalue weighted by Gasteiger charge is -2.41. The largest absolute Gasteiger partial charge is 0.444 e. The number of piperazine rings is 1. The monoisotopic (exact) mass is 604 g/mol. The fourth-order valence-electron chi connectivity index (χ4n) is 5.23. The zero-order chi connectivity index (χ0) is 30.7. The first kappa shape index (κ1) is 30.2. The second kappa shape index (κ2) is 12.5. The van der Waals surface area contributed by atoms with Gasteiger partial charge < -0.3 is 19.3 Å². The minimum atomic E-state index is -0.576. The number of ether oxygens (including phenoxy) is 2. The predicted octanol–water partition coefficient (Wildman–Crippen LogP) is 6.68. The van der Waals surface area contributed by atoms with Crippen LogP contribution in [0.5, 0.6) is 0 Å². The van der Waals surface area contributed by atoms with Gasteiger partial charge in [-0.05, 0) is 58.4 Å². The summed E-state index contributed by atoms with van der Waals surface area (Å²) in [5.41, 5.74) is 2.36. The third kappa shape index (κ3) is 6.69. The molecule has 0 aliphatic carbocycles. The first-order valence-corrected chi connectivity index (χ1v) is 14.8. The van der Waals surface area contributed by atoms with E-state index in [4.69, 9.17) is 26.1 Å². The van der Waals surface area contributed by atoms with Gasteiger partial charge in [0.05, 0.1) is 11.1 Å². The molecule has 2 aromatic heterocycles. The Balaban J connectivity index is 1.54. The Bertz CT molecular complexity index is 1600. The van der Waals surface area contributed by atoms with Gasteiger partial charge in [0.2, 0.25) is 0 Å². The first-order chi connectivity index (χ1) is 20.6. The van der Waals surface area contributed by atoms with Crippen molar-refractivity contribution in [3.63, 3.8) is 0 Å². The minimum absolute atomic E-state index is 0.0816. The summed E-state index contributed by atoms with van der Waals surface area (Å²) in [6, 6.07) is 16.9. The van der Waals surface area contributed by atoms with Gasteiger partial charge in [-0.25, -0.2) is 19.6 Å². The maximum atomic E-state index is 13.5. The highest BCUT2D eigenvalue weighted by Crippen LogP contribution is 2.38. The molecule has 1 aliphatic heterocycles. The second-order valence-corrected chi connectivity index (χ2v) is 11.9. The lowest BCUT2D eigenvalue weighted by molar-refractivity contribution is 0.0218. The molecule has 2 aromatic carbocycles. The van der Waals surface area contributed by atoms with Gasteiger partial charge in [0.25, 0.3) is 0 Å². The molecule has 1 aliphatic rings. The van der Waals surface area contributed by atoms with Crippen LogP contribution in [0.4, 0.5) is 21.1 Å². The summed E-state index contributed by atoms with van der Waals surface area (Å²) < 4.78 is 13.3. The normalized spacial score (nSPS) is 15.4. The molecule has 2 amide bonds. The van der Waals surface area contributed by atoms with Crippen molar-refractivity contribution in [2.45, 2.75) is 52.9 Å². The van der Waals surface area contributed by atoms with Crippen LogP contribution in [0.1, 0.15) is 40.2 Å². The van der Waals surface area contributed by atoms with Crippen molar-refractivity contribution in [3.8, 4) is 5.69 Å². The van der Waals surface area contributed by atoms with Crippen LogP contribution in [-0.2, 0) is 16.1 Å². The van der Waals surface area contributed by atoms with Gasteiger partial charge in [-0.2, -0.15) is 0 Å². The summed E-state index contributed by atoms with van der Waals surface area (Å²) in [5.74, 6) is 0.673. The molecular weight excluding hydrogens is 568 g/mol. The summed E-state index contributed by atoms with van der Waals surface area (Å²) in [7, 11) is 0. The van der Waals surface area contributed by atoms with Gasteiger partial charge in [0, 0.05) is 49.1 Å². The third-order valence-corrected chi connectivity index (χ3v) is 7.45. The Labute approximate surface area is 256 Å². The van der Waals surface area contributed by atoms with E-state index in [0.29, 0.717) is 53.7 Å². The Hall–Kier alpha value is -4.31. The molecule has 43 heavy (non-hydrogen) atoms. The van der Waals surface area contributed by atoms with E-state index in [-0.39, 0.29) is 18.7 Å². The highest BCUT2D eigenvalue weighted by molar-refractivity contribution is 6.30. The SMILES string of the molecule is CCN(C(=O)OCc1ccccc1)c1cn(-c2cccc(Cl)c2)c2ncnc(N3CCN(C(=O)OC(C)(C)C)C[C@@H]3C)c12. The van der Waals surface area contributed by atoms with Crippen molar-refractivity contribution in [1.82, 2.24) is 19.4 Å². The van der Waals surface area contributed by atoms with Crippen molar-refractivity contribution in [3.05, 3.63) is 77.7 Å². The number of fused-ring (bicyclic) bond motifs is 1. The smallest absolute Gasteiger partial charge is 0.414 e. The van der Waals surface area contributed by atoms with Crippen molar-refractivity contribution < 1.29 is 19.1 Å². The maximum Gasteiger partial charge on any atom is 0.414 e. The number of benzene rings is 2. The van der Waals surface area contributed by atoms with Gasteiger partial charge in [0.15, 0.2) is 5.65 Å². The van der Waals surface area contributed by atoms with Crippen LogP contribution in [0, 0.1) is 0 Å². The molecule has 1 atom stereocenters. The van der Waals surface area contributed by atoms with Crippen LogP contribution in [0.15, 0.2) is 67.1 Å². The zero-order valence-corrected chi connectivity index (χ0v) is 25.9. The van der Waals surface area contributed by atoms with E-state index in [9.17, 15) is 9.59 Å². The van der Waals surface area contributed by atoms with E-state index in [1.807, 2.05) is 100.0 Å². The van der Waals surface area contributed by atoms with Crippen molar-refractivity contribution >= 4 is 46.3 Å². The molecule has 0 radical (unpaired) electrons. The molecule has 1 fully saturated rings. The lowest BCUT2D eigenvalue weighted by Crippen LogP contribution is -2.55. The summed E-state index contributed by atoms with van der Waals surface area (Å²) in [5, 5.41) is 1.29. The number of aromatic nitrogens is 3. The fraction of sp³-hybridized carbons (Fsp3) is 0.375. The predicted molar refractivity (Wildman–Crippen MR) is 168 cm³/mol. The molecule has 10 nitrogen and oxygen atoms in total. The number of carbonyl (C=O) groups is 2. The summed E-state index contributed by atoms with van der Waals surface area (Å²) in [6.07, 6.45) is 2.59. The summed E-state index contributed by atoms with van der Waals surface area (Å²) in [6.45, 7) is 11.5. The average Bonchev–Trinajstić information content (AvgIpc) is 3.36. The number of halogens is 1. The van der Waals surface area contributed by atoms with E-state index in [1.54, 1.807) is 9.80 Å². The topological polar surface area (TPSA) is 93.0 Å². The Morgan fingerprint density at radius 1 is 1.07 bits per heavy atom. The number of anilines is 2. The molecule has 0 bridgehead atoms. The highest BCUT2D eigenvalue weighted by atomic mass is 35.5. The van der Waals surface area contributed by atoms with Gasteiger partial charge >= 0.3 is 12.2 Å². The average molecular weight is 605 g/mol. The van der Waals surface area contributed by atoms with Crippen molar-refractivity contribution in [2.75, 3.05) is 36.0 Å². The van der Waals surface area contributed by atoms with Crippen molar-refractivity contribution in [1.29, 1.82) is 0 Å². The number of hydrogen-bond donors (Lipinski definition) is 0. The summed E-state index contributed by atoms with van der Waals surface area (Å²) >= 11 is 6.36. The zero-order valence-electron chi connectivity index (χ0n) is 25.2. The second-order valence-electron chi connectivity index (χ2n) is 11.5. The quantitative estimate of drug-likeness (QED) is 0.242. The summed E-state index contributed by atoms with van der Waals surface area (Å²) in [4.78, 5) is 41.2. The van der Waals surface area contributed by atoms with Crippen LogP contribution in [-0.4, -0.2) is 69.4 Å². The van der Waals surface area contributed by atoms with Crippen LogP contribution >= 0.6 is 11.6 Å². The molecule has 3 heterocycles. The standard InChI is InChI=1S/C32H37ClN6O4/c1-6-37(31(41)42-20-23-11-8-7-9-12-23)26-19-39(25-14-10-13-24(33)17-25)29-27(26)28(34-21-35-29)38-16-15-36(18-22(38)2)30(40)43-32(3,4)5/h7-14,17,19,21-22H,6,15-16,18,20H2,1-5H3/t22-/m0/s1. The lowest BCUT2D eigenvalue weighted by atomic mass is 10.1. The molecule has 0 spiro atoms. The fourth-order valence-corrected chi connectivity index (χ4v) is 5.42. The highest BCUT2D eigenvalue weighted by Gasteiger charge is 2.33. The molecule has 0 unspecified atom stereocenters.